The van der Waals surface area contributed by atoms with Crippen molar-refractivity contribution >= 4 is 0 Å². The second kappa shape index (κ2) is 8.04. The monoisotopic (exact) mass is 298 g/mol. The Morgan fingerprint density at radius 3 is 1.23 bits per heavy atom. The third-order valence-corrected chi connectivity index (χ3v) is 3.17. The standard InChI is InChI=1S/C20H30N2/c1-21(2,3)17-9-7-11-19-13-15-20(16-14-19)12-8-10-18-22(4,5)6/h13-16H,9-10,17-18H2,1-6H3/q+2. The van der Waals surface area contributed by atoms with Crippen molar-refractivity contribution in [1.29, 1.82) is 0 Å². The fourth-order valence-electron chi connectivity index (χ4n) is 1.75. The van der Waals surface area contributed by atoms with E-state index in [-0.39, 0.29) is 0 Å². The summed E-state index contributed by atoms with van der Waals surface area (Å²) in [6.45, 7) is 2.14. The van der Waals surface area contributed by atoms with Gasteiger partial charge in [0.15, 0.2) is 0 Å². The van der Waals surface area contributed by atoms with Gasteiger partial charge < -0.3 is 8.97 Å². The predicted molar refractivity (Wildman–Crippen MR) is 95.2 cm³/mol. The summed E-state index contributed by atoms with van der Waals surface area (Å²) in [5.41, 5.74) is 2.14. The molecule has 0 aromatic heterocycles. The Bertz CT molecular complexity index is 521. The summed E-state index contributed by atoms with van der Waals surface area (Å²) in [6, 6.07) is 8.23. The van der Waals surface area contributed by atoms with E-state index in [0.717, 1.165) is 46.0 Å². The minimum Gasteiger partial charge on any atom is -0.330 e. The molecule has 0 saturated carbocycles. The highest BCUT2D eigenvalue weighted by molar-refractivity contribution is 5.41. The maximum absolute atomic E-state index is 3.24. The molecule has 0 radical (unpaired) electrons. The van der Waals surface area contributed by atoms with Crippen molar-refractivity contribution in [2.75, 3.05) is 55.4 Å². The van der Waals surface area contributed by atoms with Gasteiger partial charge in [-0.1, -0.05) is 23.7 Å². The molecule has 0 heterocycles. The quantitative estimate of drug-likeness (QED) is 0.592. The summed E-state index contributed by atoms with van der Waals surface area (Å²) >= 11 is 0. The minimum atomic E-state index is 0.927. The van der Waals surface area contributed by atoms with Crippen molar-refractivity contribution < 1.29 is 8.97 Å². The number of nitrogens with zero attached hydrogens (tertiary/aromatic N) is 2. The van der Waals surface area contributed by atoms with Crippen molar-refractivity contribution in [1.82, 2.24) is 0 Å². The van der Waals surface area contributed by atoms with E-state index in [0.29, 0.717) is 0 Å². The number of quaternary nitrogens is 2. The Balaban J connectivity index is 2.50. The Labute approximate surface area is 136 Å². The van der Waals surface area contributed by atoms with E-state index in [1.807, 2.05) is 0 Å². The van der Waals surface area contributed by atoms with E-state index in [1.165, 1.54) is 0 Å². The van der Waals surface area contributed by atoms with Crippen molar-refractivity contribution in [3.63, 3.8) is 0 Å². The van der Waals surface area contributed by atoms with Crippen LogP contribution in [0.2, 0.25) is 0 Å². The number of hydrogen-bond donors (Lipinski definition) is 0. The number of benzene rings is 1. The van der Waals surface area contributed by atoms with Crippen LogP contribution >= 0.6 is 0 Å². The SMILES string of the molecule is C[N+](C)(C)CCC#Cc1ccc(C#CCC[N+](C)(C)C)cc1. The summed E-state index contributed by atoms with van der Waals surface area (Å²) in [5.74, 6) is 12.9. The molecule has 0 aliphatic carbocycles. The average Bonchev–Trinajstić information content (AvgIpc) is 2.39. The smallest absolute Gasteiger partial charge is 0.0891 e. The zero-order valence-corrected chi connectivity index (χ0v) is 15.0. The molecule has 0 unspecified atom stereocenters. The summed E-state index contributed by atoms with van der Waals surface area (Å²) in [5, 5.41) is 0. The van der Waals surface area contributed by atoms with Crippen LogP contribution in [0.4, 0.5) is 0 Å². The second-order valence-corrected chi connectivity index (χ2v) is 7.71. The molecule has 0 fully saturated rings. The lowest BCUT2D eigenvalue weighted by molar-refractivity contribution is -0.869. The van der Waals surface area contributed by atoms with Gasteiger partial charge in [0.25, 0.3) is 0 Å². The van der Waals surface area contributed by atoms with Crippen LogP contribution in [0, 0.1) is 23.7 Å². The molecule has 2 nitrogen and oxygen atoms in total. The van der Waals surface area contributed by atoms with Gasteiger partial charge in [0, 0.05) is 11.1 Å². The molecular formula is C20H30N2+2. The molecule has 0 bridgehead atoms. The molecular weight excluding hydrogens is 268 g/mol. The van der Waals surface area contributed by atoms with E-state index in [4.69, 9.17) is 0 Å². The van der Waals surface area contributed by atoms with Gasteiger partial charge in [0.2, 0.25) is 0 Å². The zero-order valence-electron chi connectivity index (χ0n) is 15.0. The first-order valence-electron chi connectivity index (χ1n) is 7.84. The maximum Gasteiger partial charge on any atom is 0.0891 e. The third kappa shape index (κ3) is 9.24. The maximum atomic E-state index is 3.24. The molecule has 0 atom stereocenters. The van der Waals surface area contributed by atoms with Crippen molar-refractivity contribution in [2.24, 2.45) is 0 Å². The first kappa shape index (κ1) is 18.3. The van der Waals surface area contributed by atoms with E-state index in [9.17, 15) is 0 Å². The largest absolute Gasteiger partial charge is 0.330 e. The zero-order chi connectivity index (χ0) is 16.6. The first-order valence-corrected chi connectivity index (χ1v) is 7.84. The molecule has 22 heavy (non-hydrogen) atoms. The fraction of sp³-hybridized carbons (Fsp3) is 0.500. The average molecular weight is 298 g/mol. The molecule has 118 valence electrons. The van der Waals surface area contributed by atoms with Crippen molar-refractivity contribution in [3.05, 3.63) is 35.4 Å². The van der Waals surface area contributed by atoms with Gasteiger partial charge in [-0.05, 0) is 24.3 Å². The topological polar surface area (TPSA) is 0 Å². The number of hydrogen-bond acceptors (Lipinski definition) is 0. The first-order chi connectivity index (χ1) is 10.2. The van der Waals surface area contributed by atoms with Gasteiger partial charge >= 0.3 is 0 Å². The molecule has 1 rings (SSSR count). The lowest BCUT2D eigenvalue weighted by Gasteiger charge is -2.22. The van der Waals surface area contributed by atoms with Crippen LogP contribution < -0.4 is 0 Å². The molecule has 0 saturated heterocycles. The van der Waals surface area contributed by atoms with Crippen LogP contribution in [0.15, 0.2) is 24.3 Å². The Kier molecular flexibility index (Phi) is 6.69. The highest BCUT2D eigenvalue weighted by atomic mass is 15.3. The molecule has 0 spiro atoms. The lowest BCUT2D eigenvalue weighted by atomic mass is 10.1. The van der Waals surface area contributed by atoms with Crippen LogP contribution in [0.5, 0.6) is 0 Å². The molecule has 2 heteroatoms. The molecule has 1 aromatic carbocycles. The van der Waals surface area contributed by atoms with Gasteiger partial charge in [-0.15, -0.1) is 0 Å². The van der Waals surface area contributed by atoms with Crippen LogP contribution in [0.1, 0.15) is 24.0 Å². The summed E-state index contributed by atoms with van der Waals surface area (Å²) in [6.07, 6.45) is 1.85. The van der Waals surface area contributed by atoms with Crippen LogP contribution in [0.3, 0.4) is 0 Å². The summed E-state index contributed by atoms with van der Waals surface area (Å²) < 4.78 is 1.91. The van der Waals surface area contributed by atoms with Gasteiger partial charge in [-0.25, -0.2) is 0 Å². The normalized spacial score (nSPS) is 11.2. The predicted octanol–water partition coefficient (Wildman–Crippen LogP) is 2.58. The molecule has 0 aliphatic rings. The van der Waals surface area contributed by atoms with E-state index in [2.05, 4.69) is 90.2 Å². The van der Waals surface area contributed by atoms with Crippen LogP contribution in [-0.2, 0) is 0 Å². The van der Waals surface area contributed by atoms with E-state index < -0.39 is 0 Å². The molecule has 0 amide bonds. The minimum absolute atomic E-state index is 0.927. The van der Waals surface area contributed by atoms with Crippen LogP contribution in [0.25, 0.3) is 0 Å². The Morgan fingerprint density at radius 2 is 0.955 bits per heavy atom. The molecule has 0 aliphatic heterocycles. The Hall–Kier alpha value is -1.74. The second-order valence-electron chi connectivity index (χ2n) is 7.71. The van der Waals surface area contributed by atoms with Gasteiger partial charge in [0.05, 0.1) is 68.2 Å². The van der Waals surface area contributed by atoms with Crippen LogP contribution in [-0.4, -0.2) is 64.3 Å². The van der Waals surface area contributed by atoms with Gasteiger partial charge in [-0.2, -0.15) is 0 Å². The highest BCUT2D eigenvalue weighted by Crippen LogP contribution is 2.02. The van der Waals surface area contributed by atoms with Crippen molar-refractivity contribution in [2.45, 2.75) is 12.8 Å². The highest BCUT2D eigenvalue weighted by Gasteiger charge is 2.04. The lowest BCUT2D eigenvalue weighted by Crippen LogP contribution is -2.35. The van der Waals surface area contributed by atoms with E-state index >= 15 is 0 Å². The van der Waals surface area contributed by atoms with E-state index in [1.54, 1.807) is 0 Å². The third-order valence-electron chi connectivity index (χ3n) is 3.17. The van der Waals surface area contributed by atoms with Gasteiger partial charge in [0.1, 0.15) is 0 Å². The number of rotatable bonds is 4. The summed E-state index contributed by atoms with van der Waals surface area (Å²) in [4.78, 5) is 0. The van der Waals surface area contributed by atoms with Gasteiger partial charge in [-0.3, -0.25) is 0 Å². The molecule has 1 aromatic rings. The van der Waals surface area contributed by atoms with Crippen molar-refractivity contribution in [3.8, 4) is 23.7 Å². The fourth-order valence-corrected chi connectivity index (χ4v) is 1.75. The Morgan fingerprint density at radius 1 is 0.636 bits per heavy atom. The summed E-state index contributed by atoms with van der Waals surface area (Å²) in [7, 11) is 13.1. The molecule has 0 N–H and O–H groups in total.